The normalized spacial score (nSPS) is 31.1. The van der Waals surface area contributed by atoms with Crippen LogP contribution in [0.2, 0.25) is 0 Å². The van der Waals surface area contributed by atoms with E-state index in [-0.39, 0.29) is 11.8 Å². The molecule has 0 radical (unpaired) electrons. The van der Waals surface area contributed by atoms with Crippen LogP contribution in [0, 0.1) is 11.8 Å². The van der Waals surface area contributed by atoms with Crippen molar-refractivity contribution in [1.29, 1.82) is 0 Å². The minimum Gasteiger partial charge on any atom is -0.376 e. The van der Waals surface area contributed by atoms with Gasteiger partial charge in [0.05, 0.1) is 31.5 Å². The third-order valence-electron chi connectivity index (χ3n) is 6.26. The fourth-order valence-electron chi connectivity index (χ4n) is 4.98. The van der Waals surface area contributed by atoms with Gasteiger partial charge in [-0.05, 0) is 43.5 Å². The van der Waals surface area contributed by atoms with Gasteiger partial charge in [-0.3, -0.25) is 9.78 Å². The molecule has 1 saturated carbocycles. The van der Waals surface area contributed by atoms with E-state index in [1.165, 1.54) is 6.42 Å². The Kier molecular flexibility index (Phi) is 7.04. The number of primary amides is 1. The van der Waals surface area contributed by atoms with Crippen molar-refractivity contribution in [1.82, 2.24) is 9.88 Å². The van der Waals surface area contributed by atoms with Gasteiger partial charge in [0.15, 0.2) is 0 Å². The van der Waals surface area contributed by atoms with Crippen molar-refractivity contribution < 1.29 is 19.0 Å². The van der Waals surface area contributed by atoms with Crippen LogP contribution in [0.5, 0.6) is 0 Å². The number of hydrogen-bond donors (Lipinski definition) is 1. The van der Waals surface area contributed by atoms with Gasteiger partial charge >= 0.3 is 0 Å². The molecule has 0 bridgehead atoms. The molecule has 156 valence electrons. The van der Waals surface area contributed by atoms with Crippen molar-refractivity contribution >= 4 is 5.91 Å². The van der Waals surface area contributed by atoms with Crippen molar-refractivity contribution in [2.45, 2.75) is 37.9 Å². The molecule has 4 atom stereocenters. The van der Waals surface area contributed by atoms with Crippen LogP contribution in [-0.2, 0) is 19.8 Å². The highest BCUT2D eigenvalue weighted by atomic mass is 16.6. The lowest BCUT2D eigenvalue weighted by molar-refractivity contribution is -0.137. The second kappa shape index (κ2) is 9.31. The first-order chi connectivity index (χ1) is 13.5. The molecule has 2 heterocycles. The lowest BCUT2D eigenvalue weighted by Gasteiger charge is -2.49. The molecule has 0 aromatic carbocycles. The highest BCUT2D eigenvalue weighted by molar-refractivity contribution is 5.90. The maximum absolute atomic E-state index is 11.7. The quantitative estimate of drug-likeness (QED) is 0.763. The summed E-state index contributed by atoms with van der Waals surface area (Å²) in [6.07, 6.45) is 5.09. The Morgan fingerprint density at radius 3 is 2.89 bits per heavy atom. The number of methoxy groups -OCH3 is 1. The maximum Gasteiger partial charge on any atom is 0.267 e. The summed E-state index contributed by atoms with van der Waals surface area (Å²) in [7, 11) is 3.90. The number of likely N-dealkylation sites (N-methyl/N-ethyl adjacent to an activating group) is 1. The molecule has 7 nitrogen and oxygen atoms in total. The summed E-state index contributed by atoms with van der Waals surface area (Å²) in [4.78, 5) is 18.1. The van der Waals surface area contributed by atoms with Crippen LogP contribution in [0.15, 0.2) is 18.3 Å². The van der Waals surface area contributed by atoms with Gasteiger partial charge in [-0.1, -0.05) is 13.3 Å². The predicted octanol–water partition coefficient (Wildman–Crippen LogP) is 1.81. The molecule has 3 rings (SSSR count). The zero-order valence-corrected chi connectivity index (χ0v) is 17.2. The van der Waals surface area contributed by atoms with Crippen LogP contribution in [-0.4, -0.2) is 69.0 Å². The Labute approximate surface area is 167 Å². The molecule has 1 aromatic heterocycles. The number of carbonyl (C=O) groups is 1. The molecule has 2 fully saturated rings. The SMILES string of the molecule is COC1(c2ccnc(C(N)=O)c2)C(C)CCCC1CN(C)C[C@@H]1COCCO1. The Morgan fingerprint density at radius 2 is 2.21 bits per heavy atom. The van der Waals surface area contributed by atoms with Crippen molar-refractivity contribution in [3.63, 3.8) is 0 Å². The van der Waals surface area contributed by atoms with Crippen LogP contribution < -0.4 is 5.73 Å². The molecule has 1 aromatic rings. The maximum atomic E-state index is 11.7. The molecule has 2 aliphatic rings. The average molecular weight is 392 g/mol. The monoisotopic (exact) mass is 391 g/mol. The van der Waals surface area contributed by atoms with Crippen molar-refractivity contribution in [2.75, 3.05) is 47.1 Å². The lowest BCUT2D eigenvalue weighted by atomic mass is 9.65. The van der Waals surface area contributed by atoms with Gasteiger partial charge in [-0.15, -0.1) is 0 Å². The zero-order valence-electron chi connectivity index (χ0n) is 17.2. The number of carbonyl (C=O) groups excluding carboxylic acids is 1. The van der Waals surface area contributed by atoms with E-state index in [2.05, 4.69) is 23.9 Å². The summed E-state index contributed by atoms with van der Waals surface area (Å²) in [5, 5.41) is 0. The molecule has 1 amide bonds. The van der Waals surface area contributed by atoms with Crippen molar-refractivity contribution in [2.24, 2.45) is 17.6 Å². The first-order valence-corrected chi connectivity index (χ1v) is 10.2. The fraction of sp³-hybridized carbons (Fsp3) is 0.714. The second-order valence-electron chi connectivity index (χ2n) is 8.11. The lowest BCUT2D eigenvalue weighted by Crippen LogP contribution is -2.51. The summed E-state index contributed by atoms with van der Waals surface area (Å²) in [6, 6.07) is 3.77. The van der Waals surface area contributed by atoms with E-state index >= 15 is 0 Å². The third kappa shape index (κ3) is 4.38. The van der Waals surface area contributed by atoms with Crippen LogP contribution in [0.4, 0.5) is 0 Å². The van der Waals surface area contributed by atoms with Crippen LogP contribution >= 0.6 is 0 Å². The topological polar surface area (TPSA) is 86.9 Å². The molecule has 1 aliphatic carbocycles. The number of amides is 1. The number of nitrogens with two attached hydrogens (primary N) is 1. The molecular weight excluding hydrogens is 358 g/mol. The Hall–Kier alpha value is -1.54. The summed E-state index contributed by atoms with van der Waals surface area (Å²) < 4.78 is 17.6. The van der Waals surface area contributed by atoms with Gasteiger partial charge in [0.2, 0.25) is 0 Å². The third-order valence-corrected chi connectivity index (χ3v) is 6.26. The van der Waals surface area contributed by atoms with Crippen LogP contribution in [0.25, 0.3) is 0 Å². The zero-order chi connectivity index (χ0) is 20.1. The van der Waals surface area contributed by atoms with E-state index in [9.17, 15) is 4.79 Å². The van der Waals surface area contributed by atoms with E-state index in [1.807, 2.05) is 6.07 Å². The number of ether oxygens (including phenoxy) is 3. The number of hydrogen-bond acceptors (Lipinski definition) is 6. The predicted molar refractivity (Wildman–Crippen MR) is 106 cm³/mol. The number of rotatable bonds is 7. The average Bonchev–Trinajstić information content (AvgIpc) is 2.69. The molecule has 7 heteroatoms. The van der Waals surface area contributed by atoms with E-state index in [0.717, 1.165) is 31.5 Å². The summed E-state index contributed by atoms with van der Waals surface area (Å²) in [5.74, 6) is 0.0978. The number of nitrogens with zero attached hydrogens (tertiary/aromatic N) is 2. The first-order valence-electron chi connectivity index (χ1n) is 10.2. The minimum absolute atomic E-state index is 0.110. The van der Waals surface area contributed by atoms with Gasteiger partial charge in [0, 0.05) is 32.3 Å². The van der Waals surface area contributed by atoms with Crippen LogP contribution in [0.1, 0.15) is 42.2 Å². The molecule has 1 saturated heterocycles. The van der Waals surface area contributed by atoms with Gasteiger partial charge < -0.3 is 24.8 Å². The van der Waals surface area contributed by atoms with Gasteiger partial charge in [0.25, 0.3) is 5.91 Å². The molecular formula is C21H33N3O4. The molecule has 0 spiro atoms. The summed E-state index contributed by atoms with van der Waals surface area (Å²) >= 11 is 0. The smallest absolute Gasteiger partial charge is 0.267 e. The van der Waals surface area contributed by atoms with Gasteiger partial charge in [-0.2, -0.15) is 0 Å². The number of aromatic nitrogens is 1. The van der Waals surface area contributed by atoms with E-state index in [4.69, 9.17) is 19.9 Å². The van der Waals surface area contributed by atoms with E-state index in [1.54, 1.807) is 19.4 Å². The molecule has 28 heavy (non-hydrogen) atoms. The standard InChI is InChI=1S/C21H33N3O4/c1-15-5-4-6-17(12-24(2)13-18-14-27-9-10-28-18)21(15,26-3)16-7-8-23-19(11-16)20(22)25/h7-8,11,15,17-18H,4-6,9-10,12-14H2,1-3H3,(H2,22,25)/t15?,17?,18-,21?/m1/s1. The van der Waals surface area contributed by atoms with Crippen LogP contribution in [0.3, 0.4) is 0 Å². The summed E-state index contributed by atoms with van der Waals surface area (Å²) in [6.45, 7) is 5.93. The van der Waals surface area contributed by atoms with Gasteiger partial charge in [0.1, 0.15) is 5.69 Å². The second-order valence-corrected chi connectivity index (χ2v) is 8.11. The Bertz CT molecular complexity index is 665. The first kappa shape index (κ1) is 21.2. The minimum atomic E-state index is -0.514. The molecule has 3 unspecified atom stereocenters. The highest BCUT2D eigenvalue weighted by Crippen LogP contribution is 2.48. The van der Waals surface area contributed by atoms with E-state index in [0.29, 0.717) is 31.7 Å². The Morgan fingerprint density at radius 1 is 1.39 bits per heavy atom. The van der Waals surface area contributed by atoms with E-state index < -0.39 is 11.5 Å². The highest BCUT2D eigenvalue weighted by Gasteiger charge is 2.48. The van der Waals surface area contributed by atoms with Crippen molar-refractivity contribution in [3.05, 3.63) is 29.6 Å². The number of pyridine rings is 1. The molecule has 2 N–H and O–H groups in total. The van der Waals surface area contributed by atoms with Gasteiger partial charge in [-0.25, -0.2) is 0 Å². The Balaban J connectivity index is 1.83. The van der Waals surface area contributed by atoms with Crippen molar-refractivity contribution in [3.8, 4) is 0 Å². The fourth-order valence-corrected chi connectivity index (χ4v) is 4.98. The summed E-state index contributed by atoms with van der Waals surface area (Å²) in [5.41, 5.74) is 6.28. The molecule has 1 aliphatic heterocycles. The largest absolute Gasteiger partial charge is 0.376 e.